The van der Waals surface area contributed by atoms with E-state index in [1.807, 2.05) is 0 Å². The van der Waals surface area contributed by atoms with E-state index in [4.69, 9.17) is 4.74 Å². The van der Waals surface area contributed by atoms with Crippen molar-refractivity contribution in [2.45, 2.75) is 19.3 Å². The molecule has 2 heteroatoms. The van der Waals surface area contributed by atoms with Crippen LogP contribution in [-0.4, -0.2) is 11.7 Å². The second kappa shape index (κ2) is 4.52. The zero-order valence-corrected chi connectivity index (χ0v) is 7.79. The first-order valence-corrected chi connectivity index (χ1v) is 4.25. The van der Waals surface area contributed by atoms with E-state index in [0.717, 1.165) is 6.42 Å². The van der Waals surface area contributed by atoms with Crippen molar-refractivity contribution in [3.8, 4) is 11.8 Å². The first kappa shape index (κ1) is 8.76. The number of rotatable bonds is 1. The fourth-order valence-electron chi connectivity index (χ4n) is 0.967. The van der Waals surface area contributed by atoms with Gasteiger partial charge in [-0.1, -0.05) is 0 Å². The molecule has 0 aromatic heterocycles. The normalized spacial score (nSPS) is 15.2. The van der Waals surface area contributed by atoms with Crippen molar-refractivity contribution < 1.29 is 20.6 Å². The minimum atomic E-state index is 0.665. The molecule has 0 radical (unpaired) electrons. The molecule has 58 valence electrons. The summed E-state index contributed by atoms with van der Waals surface area (Å²) in [6.45, 7) is 0. The van der Waals surface area contributed by atoms with Gasteiger partial charge < -0.3 is 0 Å². The Kier molecular flexibility index (Phi) is 3.60. The van der Waals surface area contributed by atoms with E-state index in [0.29, 0.717) is 4.57 Å². The van der Waals surface area contributed by atoms with E-state index >= 15 is 0 Å². The fraction of sp³-hybridized carbons (Fsp3) is 0.444. The Balaban J connectivity index is 2.49. The van der Waals surface area contributed by atoms with Crippen LogP contribution in [-0.2, 0) is 20.6 Å². The molecule has 0 aromatic carbocycles. The van der Waals surface area contributed by atoms with Crippen molar-refractivity contribution in [3.05, 3.63) is 11.6 Å². The van der Waals surface area contributed by atoms with Crippen LogP contribution in [0.15, 0.2) is 11.6 Å². The van der Waals surface area contributed by atoms with Gasteiger partial charge in [-0.15, -0.1) is 0 Å². The van der Waals surface area contributed by atoms with Gasteiger partial charge in [0.05, 0.1) is 0 Å². The van der Waals surface area contributed by atoms with E-state index in [9.17, 15) is 0 Å². The number of hydrogen-bond donors (Lipinski definition) is 0. The molecular weight excluding hydrogens is 176 g/mol. The van der Waals surface area contributed by atoms with Crippen LogP contribution in [0, 0.1) is 11.8 Å². The molecular formula is C9H10CrO. The summed E-state index contributed by atoms with van der Waals surface area (Å²) in [6.07, 6.45) is 5.75. The zero-order valence-electron chi connectivity index (χ0n) is 6.52. The third-order valence-electron chi connectivity index (χ3n) is 1.55. The second-order valence-electron chi connectivity index (χ2n) is 2.36. The molecule has 1 rings (SSSR count). The van der Waals surface area contributed by atoms with Crippen LogP contribution >= 0.6 is 0 Å². The summed E-state index contributed by atoms with van der Waals surface area (Å²) < 4.78 is 5.53. The molecule has 1 nitrogen and oxygen atoms in total. The van der Waals surface area contributed by atoms with Gasteiger partial charge in [-0.2, -0.15) is 0 Å². The minimum absolute atomic E-state index is 0.665. The predicted octanol–water partition coefficient (Wildman–Crippen LogP) is 1.42. The molecule has 11 heavy (non-hydrogen) atoms. The number of ether oxygens (including phenoxy) is 1. The van der Waals surface area contributed by atoms with Gasteiger partial charge in [0.2, 0.25) is 0 Å². The van der Waals surface area contributed by atoms with Crippen molar-refractivity contribution in [1.29, 1.82) is 0 Å². The molecule has 0 N–H and O–H groups in total. The third kappa shape index (κ3) is 3.04. The Hall–Kier alpha value is -0.338. The second-order valence-corrected chi connectivity index (χ2v) is 2.94. The number of methoxy groups -OCH3 is 1. The van der Waals surface area contributed by atoms with Crippen LogP contribution in [0.1, 0.15) is 19.3 Å². The Labute approximate surface area is 75.4 Å². The van der Waals surface area contributed by atoms with E-state index in [1.165, 1.54) is 18.4 Å². The van der Waals surface area contributed by atoms with Crippen LogP contribution in [0.3, 0.4) is 0 Å². The Morgan fingerprint density at radius 2 is 2.55 bits per heavy atom. The topological polar surface area (TPSA) is 9.23 Å². The summed E-state index contributed by atoms with van der Waals surface area (Å²) in [5.41, 5.74) is 1.25. The molecule has 0 atom stereocenters. The molecule has 0 aromatic rings. The van der Waals surface area contributed by atoms with Gasteiger partial charge in [-0.3, -0.25) is 0 Å². The van der Waals surface area contributed by atoms with E-state index < -0.39 is 0 Å². The molecule has 0 amide bonds. The standard InChI is InChI=1S/C9H10O.Cr/c1-10-8-4-7-9-5-2-3-6-9;/h5H,2-3,6H2,1H3;. The van der Waals surface area contributed by atoms with Gasteiger partial charge in [-0.25, -0.2) is 0 Å². The summed E-state index contributed by atoms with van der Waals surface area (Å²) in [5, 5.41) is 0. The molecule has 1 aliphatic rings. The van der Waals surface area contributed by atoms with Crippen molar-refractivity contribution in [2.75, 3.05) is 7.11 Å². The summed E-state index contributed by atoms with van der Waals surface area (Å²) in [5.74, 6) is 5.94. The zero-order chi connectivity index (χ0) is 8.10. The number of hydrogen-bond acceptors (Lipinski definition) is 1. The molecule has 0 heterocycles. The average Bonchev–Trinajstić information content (AvgIpc) is 2.52. The van der Waals surface area contributed by atoms with Crippen molar-refractivity contribution in [1.82, 2.24) is 0 Å². The van der Waals surface area contributed by atoms with Crippen molar-refractivity contribution >= 4 is 4.57 Å². The third-order valence-corrected chi connectivity index (χ3v) is 1.97. The fourth-order valence-corrected chi connectivity index (χ4v) is 1.05. The average molecular weight is 186 g/mol. The van der Waals surface area contributed by atoms with E-state index in [2.05, 4.69) is 33.8 Å². The predicted molar refractivity (Wildman–Crippen MR) is 41.7 cm³/mol. The summed E-state index contributed by atoms with van der Waals surface area (Å²) in [7, 11) is 1.61. The Morgan fingerprint density at radius 3 is 3.09 bits per heavy atom. The quantitative estimate of drug-likeness (QED) is 0.563. The van der Waals surface area contributed by atoms with Gasteiger partial charge >= 0.3 is 75.0 Å². The Morgan fingerprint density at radius 1 is 1.73 bits per heavy atom. The first-order chi connectivity index (χ1) is 5.33. The monoisotopic (exact) mass is 186 g/mol. The van der Waals surface area contributed by atoms with E-state index in [-0.39, 0.29) is 0 Å². The maximum atomic E-state index is 4.87. The van der Waals surface area contributed by atoms with Crippen LogP contribution < -0.4 is 0 Å². The van der Waals surface area contributed by atoms with E-state index in [1.54, 1.807) is 7.11 Å². The summed E-state index contributed by atoms with van der Waals surface area (Å²) in [6, 6.07) is 0. The van der Waals surface area contributed by atoms with Gasteiger partial charge in [0.25, 0.3) is 0 Å². The molecule has 1 aliphatic carbocycles. The van der Waals surface area contributed by atoms with Crippen LogP contribution in [0.5, 0.6) is 0 Å². The van der Waals surface area contributed by atoms with Gasteiger partial charge in [0, 0.05) is 0 Å². The number of allylic oxidation sites excluding steroid dienone is 2. The molecule has 0 saturated carbocycles. The first-order valence-electron chi connectivity index (χ1n) is 3.62. The Bertz CT molecular complexity index is 242. The van der Waals surface area contributed by atoms with Crippen LogP contribution in [0.2, 0.25) is 0 Å². The van der Waals surface area contributed by atoms with Gasteiger partial charge in [0.15, 0.2) is 0 Å². The van der Waals surface area contributed by atoms with Crippen LogP contribution in [0.4, 0.5) is 0 Å². The molecule has 0 unspecified atom stereocenters. The van der Waals surface area contributed by atoms with Gasteiger partial charge in [-0.05, 0) is 0 Å². The molecule has 0 bridgehead atoms. The molecule has 0 aliphatic heterocycles. The summed E-state index contributed by atoms with van der Waals surface area (Å²) >= 11 is 2.74. The van der Waals surface area contributed by atoms with Gasteiger partial charge in [0.1, 0.15) is 0 Å². The van der Waals surface area contributed by atoms with Crippen LogP contribution in [0.25, 0.3) is 0 Å². The molecule has 0 fully saturated rings. The van der Waals surface area contributed by atoms with Crippen molar-refractivity contribution in [3.63, 3.8) is 0 Å². The van der Waals surface area contributed by atoms with Crippen molar-refractivity contribution in [2.24, 2.45) is 0 Å². The SMILES string of the molecule is CO[C](=[Cr])C#CC1=CCCC1. The molecule has 0 saturated heterocycles. The summed E-state index contributed by atoms with van der Waals surface area (Å²) in [4.78, 5) is 0. The molecule has 0 spiro atoms. The maximum absolute atomic E-state index is 4.87.